The molecule has 0 bridgehead atoms. The smallest absolute Gasteiger partial charge is 0.253 e. The van der Waals surface area contributed by atoms with Crippen LogP contribution in [0.15, 0.2) is 85.1 Å². The van der Waals surface area contributed by atoms with Crippen LogP contribution in [0.5, 0.6) is 0 Å². The molecule has 3 aromatic carbocycles. The topological polar surface area (TPSA) is 57.8 Å². The number of amides is 1. The van der Waals surface area contributed by atoms with Gasteiger partial charge in [0, 0.05) is 17.8 Å². The molecule has 4 nitrogen and oxygen atoms in total. The summed E-state index contributed by atoms with van der Waals surface area (Å²) in [5.41, 5.74) is 3.92. The molecular formula is C23H21N3O. The molecule has 134 valence electrons. The summed E-state index contributed by atoms with van der Waals surface area (Å²) in [6, 6.07) is 26.5. The summed E-state index contributed by atoms with van der Waals surface area (Å²) in [6.07, 6.45) is 2.56. The zero-order valence-corrected chi connectivity index (χ0v) is 14.9. The molecule has 0 aliphatic carbocycles. The lowest BCUT2D eigenvalue weighted by Gasteiger charge is -2.18. The average Bonchev–Trinajstić information content (AvgIpc) is 3.21. The van der Waals surface area contributed by atoms with Gasteiger partial charge in [0.2, 0.25) is 0 Å². The van der Waals surface area contributed by atoms with Crippen LogP contribution in [0.1, 0.15) is 33.8 Å². The van der Waals surface area contributed by atoms with Gasteiger partial charge in [-0.1, -0.05) is 72.8 Å². The number of nitrogens with one attached hydrogen (secondary N) is 2. The van der Waals surface area contributed by atoms with Crippen LogP contribution in [0.25, 0.3) is 10.9 Å². The minimum Gasteiger partial charge on any atom is -0.352 e. The quantitative estimate of drug-likeness (QED) is 0.534. The van der Waals surface area contributed by atoms with E-state index in [1.165, 1.54) is 11.1 Å². The molecule has 1 heterocycles. The second-order valence-electron chi connectivity index (χ2n) is 6.56. The van der Waals surface area contributed by atoms with E-state index in [1.807, 2.05) is 30.3 Å². The lowest BCUT2D eigenvalue weighted by Crippen LogP contribution is -2.26. The van der Waals surface area contributed by atoms with Gasteiger partial charge in [-0.15, -0.1) is 0 Å². The average molecular weight is 355 g/mol. The Hall–Kier alpha value is -3.40. The molecule has 4 heteroatoms. The fourth-order valence-corrected chi connectivity index (χ4v) is 3.48. The first-order valence-electron chi connectivity index (χ1n) is 9.13. The highest BCUT2D eigenvalue weighted by atomic mass is 16.1. The van der Waals surface area contributed by atoms with Crippen LogP contribution in [0, 0.1) is 0 Å². The molecule has 0 atom stereocenters. The Bertz CT molecular complexity index is 986. The Morgan fingerprint density at radius 3 is 2.22 bits per heavy atom. The van der Waals surface area contributed by atoms with Gasteiger partial charge in [-0.05, 0) is 23.6 Å². The number of H-pyrrole nitrogens is 1. The Labute approximate surface area is 158 Å². The first-order chi connectivity index (χ1) is 13.3. The standard InChI is InChI=1S/C23H21N3O/c27-23(21-13-7-12-19-16-25-26-22(19)21)24-15-14-20(17-8-3-1-4-9-17)18-10-5-2-6-11-18/h1-13,16,20H,14-15H2,(H,24,27)(H,25,26). The molecule has 4 rings (SSSR count). The molecule has 0 unspecified atom stereocenters. The Kier molecular flexibility index (Phi) is 4.97. The van der Waals surface area contributed by atoms with Crippen molar-refractivity contribution in [1.29, 1.82) is 0 Å². The summed E-state index contributed by atoms with van der Waals surface area (Å²) >= 11 is 0. The van der Waals surface area contributed by atoms with Crippen molar-refractivity contribution in [1.82, 2.24) is 15.5 Å². The van der Waals surface area contributed by atoms with E-state index in [0.717, 1.165) is 17.3 Å². The van der Waals surface area contributed by atoms with Crippen LogP contribution < -0.4 is 5.32 Å². The number of hydrogen-bond donors (Lipinski definition) is 2. The molecule has 4 aromatic rings. The first-order valence-corrected chi connectivity index (χ1v) is 9.13. The zero-order valence-electron chi connectivity index (χ0n) is 14.9. The normalized spacial score (nSPS) is 11.0. The molecule has 0 radical (unpaired) electrons. The molecule has 0 aliphatic heterocycles. The first kappa shape index (κ1) is 17.0. The van der Waals surface area contributed by atoms with E-state index < -0.39 is 0 Å². The van der Waals surface area contributed by atoms with Gasteiger partial charge in [-0.25, -0.2) is 0 Å². The number of rotatable bonds is 6. The summed E-state index contributed by atoms with van der Waals surface area (Å²) in [5, 5.41) is 10.9. The van der Waals surface area contributed by atoms with Crippen molar-refractivity contribution in [2.24, 2.45) is 0 Å². The fourth-order valence-electron chi connectivity index (χ4n) is 3.48. The maximum Gasteiger partial charge on any atom is 0.253 e. The number of para-hydroxylation sites is 1. The van der Waals surface area contributed by atoms with E-state index in [1.54, 1.807) is 6.20 Å². The summed E-state index contributed by atoms with van der Waals surface area (Å²) in [4.78, 5) is 12.7. The molecular weight excluding hydrogens is 334 g/mol. The van der Waals surface area contributed by atoms with E-state index >= 15 is 0 Å². The van der Waals surface area contributed by atoms with Gasteiger partial charge < -0.3 is 5.32 Å². The predicted octanol–water partition coefficient (Wildman–Crippen LogP) is 4.51. The van der Waals surface area contributed by atoms with Crippen molar-refractivity contribution in [3.05, 3.63) is 102 Å². The molecule has 1 amide bonds. The second-order valence-corrected chi connectivity index (χ2v) is 6.56. The minimum absolute atomic E-state index is 0.0790. The van der Waals surface area contributed by atoms with Crippen LogP contribution >= 0.6 is 0 Å². The van der Waals surface area contributed by atoms with E-state index in [9.17, 15) is 4.79 Å². The summed E-state index contributed by atoms with van der Waals surface area (Å²) < 4.78 is 0. The predicted molar refractivity (Wildman–Crippen MR) is 108 cm³/mol. The molecule has 0 aliphatic rings. The molecule has 0 saturated heterocycles. The largest absolute Gasteiger partial charge is 0.352 e. The lowest BCUT2D eigenvalue weighted by atomic mass is 9.88. The highest BCUT2D eigenvalue weighted by molar-refractivity contribution is 6.05. The third kappa shape index (κ3) is 3.75. The molecule has 27 heavy (non-hydrogen) atoms. The minimum atomic E-state index is -0.0790. The maximum atomic E-state index is 12.7. The number of fused-ring (bicyclic) bond motifs is 1. The van der Waals surface area contributed by atoms with Crippen molar-refractivity contribution < 1.29 is 4.79 Å². The van der Waals surface area contributed by atoms with Crippen LogP contribution in [0.4, 0.5) is 0 Å². The summed E-state index contributed by atoms with van der Waals surface area (Å²) in [5.74, 6) is 0.167. The highest BCUT2D eigenvalue weighted by Gasteiger charge is 2.15. The van der Waals surface area contributed by atoms with Crippen molar-refractivity contribution in [3.63, 3.8) is 0 Å². The Morgan fingerprint density at radius 1 is 0.889 bits per heavy atom. The van der Waals surface area contributed by atoms with Gasteiger partial charge in [-0.2, -0.15) is 5.10 Å². The summed E-state index contributed by atoms with van der Waals surface area (Å²) in [6.45, 7) is 0.595. The Balaban J connectivity index is 1.48. The van der Waals surface area contributed by atoms with Gasteiger partial charge in [0.25, 0.3) is 5.91 Å². The molecule has 0 fully saturated rings. The van der Waals surface area contributed by atoms with Crippen LogP contribution in [0.2, 0.25) is 0 Å². The molecule has 0 spiro atoms. The highest BCUT2D eigenvalue weighted by Crippen LogP contribution is 2.27. The monoisotopic (exact) mass is 355 g/mol. The van der Waals surface area contributed by atoms with E-state index in [-0.39, 0.29) is 11.8 Å². The van der Waals surface area contributed by atoms with Crippen LogP contribution in [-0.2, 0) is 0 Å². The second kappa shape index (κ2) is 7.87. The number of benzene rings is 3. The van der Waals surface area contributed by atoms with Crippen molar-refractivity contribution in [2.45, 2.75) is 12.3 Å². The fraction of sp³-hybridized carbons (Fsp3) is 0.130. The van der Waals surface area contributed by atoms with Gasteiger partial charge in [0.05, 0.1) is 17.3 Å². The zero-order chi connectivity index (χ0) is 18.5. The lowest BCUT2D eigenvalue weighted by molar-refractivity contribution is 0.0954. The van der Waals surface area contributed by atoms with E-state index in [2.05, 4.69) is 64.0 Å². The third-order valence-corrected chi connectivity index (χ3v) is 4.84. The van der Waals surface area contributed by atoms with Gasteiger partial charge >= 0.3 is 0 Å². The van der Waals surface area contributed by atoms with E-state index in [0.29, 0.717) is 12.1 Å². The van der Waals surface area contributed by atoms with Gasteiger partial charge in [0.1, 0.15) is 0 Å². The SMILES string of the molecule is O=C(NCCC(c1ccccc1)c1ccccc1)c1cccc2cn[nH]c12. The van der Waals surface area contributed by atoms with Crippen molar-refractivity contribution >= 4 is 16.8 Å². The van der Waals surface area contributed by atoms with Crippen molar-refractivity contribution in [3.8, 4) is 0 Å². The van der Waals surface area contributed by atoms with Crippen LogP contribution in [0.3, 0.4) is 0 Å². The molecule has 0 saturated carbocycles. The number of nitrogens with zero attached hydrogens (tertiary/aromatic N) is 1. The number of hydrogen-bond acceptors (Lipinski definition) is 2. The maximum absolute atomic E-state index is 12.7. The van der Waals surface area contributed by atoms with Crippen LogP contribution in [-0.4, -0.2) is 22.6 Å². The van der Waals surface area contributed by atoms with E-state index in [4.69, 9.17) is 0 Å². The van der Waals surface area contributed by atoms with Crippen molar-refractivity contribution in [2.75, 3.05) is 6.54 Å². The Morgan fingerprint density at radius 2 is 1.56 bits per heavy atom. The molecule has 1 aromatic heterocycles. The molecule has 2 N–H and O–H groups in total. The van der Waals surface area contributed by atoms with Gasteiger partial charge in [-0.3, -0.25) is 9.89 Å². The summed E-state index contributed by atoms with van der Waals surface area (Å²) in [7, 11) is 0. The third-order valence-electron chi connectivity index (χ3n) is 4.84. The van der Waals surface area contributed by atoms with Gasteiger partial charge in [0.15, 0.2) is 0 Å². The number of carbonyl (C=O) groups excluding carboxylic acids is 1. The number of aromatic amines is 1. The number of carbonyl (C=O) groups is 1. The number of aromatic nitrogens is 2.